The number of fused-ring (bicyclic) bond motifs is 1. The third kappa shape index (κ3) is 2.81. The van der Waals surface area contributed by atoms with Crippen molar-refractivity contribution in [1.29, 1.82) is 0 Å². The first kappa shape index (κ1) is 16.2. The molecule has 1 atom stereocenters. The molecule has 1 aliphatic carbocycles. The molecule has 0 saturated heterocycles. The van der Waals surface area contributed by atoms with Gasteiger partial charge in [0.05, 0.1) is 17.4 Å². The number of hydrogen-bond donors (Lipinski definition) is 2. The lowest BCUT2D eigenvalue weighted by molar-refractivity contribution is -0.116. The molecule has 2 N–H and O–H groups in total. The zero-order valence-corrected chi connectivity index (χ0v) is 14.6. The quantitative estimate of drug-likeness (QED) is 0.721. The summed E-state index contributed by atoms with van der Waals surface area (Å²) in [6.07, 6.45) is 2.03. The van der Waals surface area contributed by atoms with Gasteiger partial charge in [0.1, 0.15) is 5.82 Å². The molecule has 0 spiro atoms. The van der Waals surface area contributed by atoms with Crippen molar-refractivity contribution in [3.05, 3.63) is 69.6 Å². The maximum absolute atomic E-state index is 14.6. The summed E-state index contributed by atoms with van der Waals surface area (Å²) in [7, 11) is 0. The molecule has 128 valence electrons. The van der Waals surface area contributed by atoms with Crippen LogP contribution in [0.1, 0.15) is 36.4 Å². The fraction of sp³-hybridized carbons (Fsp3) is 0.250. The van der Waals surface area contributed by atoms with Crippen LogP contribution in [0.3, 0.4) is 0 Å². The first-order chi connectivity index (χ1) is 12.0. The Kier molecular flexibility index (Phi) is 4.00. The van der Waals surface area contributed by atoms with Gasteiger partial charge in [-0.15, -0.1) is 0 Å². The van der Waals surface area contributed by atoms with Crippen molar-refractivity contribution in [2.24, 2.45) is 0 Å². The molecule has 0 saturated carbocycles. The first-order valence-electron chi connectivity index (χ1n) is 8.39. The Labute approximate surface area is 150 Å². The van der Waals surface area contributed by atoms with Gasteiger partial charge in [0.15, 0.2) is 5.78 Å². The Hall–Kier alpha value is -2.33. The van der Waals surface area contributed by atoms with Gasteiger partial charge in [-0.1, -0.05) is 23.7 Å². The lowest BCUT2D eigenvalue weighted by Gasteiger charge is -2.26. The highest BCUT2D eigenvalue weighted by Gasteiger charge is 2.34. The number of halogens is 2. The average Bonchev–Trinajstić information content (AvgIpc) is 2.72. The molecule has 0 amide bonds. The van der Waals surface area contributed by atoms with E-state index in [2.05, 4.69) is 10.6 Å². The Balaban J connectivity index is 1.94. The minimum absolute atomic E-state index is 0.0371. The number of Topliss-reactive ketones (excluding diaryl/α,β-unsaturated/α-hetero) is 1. The van der Waals surface area contributed by atoms with E-state index in [1.165, 1.54) is 6.07 Å². The number of allylic oxidation sites excluding steroid dienone is 1. The largest absolute Gasteiger partial charge is 0.372 e. The summed E-state index contributed by atoms with van der Waals surface area (Å²) in [5.74, 6) is -0.374. The fourth-order valence-electron chi connectivity index (χ4n) is 3.61. The number of carbonyl (C=O) groups excluding carboxylic acids is 1. The van der Waals surface area contributed by atoms with Gasteiger partial charge >= 0.3 is 0 Å². The van der Waals surface area contributed by atoms with Crippen molar-refractivity contribution in [3.8, 4) is 0 Å². The molecule has 5 heteroatoms. The van der Waals surface area contributed by atoms with Gasteiger partial charge in [0.2, 0.25) is 0 Å². The third-order valence-electron chi connectivity index (χ3n) is 4.79. The molecule has 2 aliphatic rings. The normalized spacial score (nSPS) is 19.5. The highest BCUT2D eigenvalue weighted by molar-refractivity contribution is 6.31. The van der Waals surface area contributed by atoms with E-state index in [0.29, 0.717) is 22.6 Å². The minimum Gasteiger partial charge on any atom is -0.372 e. The van der Waals surface area contributed by atoms with Crippen molar-refractivity contribution in [3.63, 3.8) is 0 Å². The summed E-state index contributed by atoms with van der Waals surface area (Å²) in [4.78, 5) is 12.7. The highest BCUT2D eigenvalue weighted by atomic mass is 35.5. The van der Waals surface area contributed by atoms with E-state index < -0.39 is 11.9 Å². The van der Waals surface area contributed by atoms with Crippen molar-refractivity contribution in [2.75, 3.05) is 10.6 Å². The summed E-state index contributed by atoms with van der Waals surface area (Å²) in [5, 5.41) is 7.07. The van der Waals surface area contributed by atoms with Crippen LogP contribution in [0.25, 0.3) is 0 Å². The molecule has 2 aromatic rings. The molecule has 1 aliphatic heterocycles. The molecule has 0 radical (unpaired) electrons. The minimum atomic E-state index is -0.605. The molecule has 2 aromatic carbocycles. The van der Waals surface area contributed by atoms with Crippen LogP contribution in [0.15, 0.2) is 47.7 Å². The van der Waals surface area contributed by atoms with Crippen LogP contribution in [0.2, 0.25) is 5.02 Å². The summed E-state index contributed by atoms with van der Waals surface area (Å²) in [6, 6.07) is 9.99. The van der Waals surface area contributed by atoms with Gasteiger partial charge in [0.25, 0.3) is 0 Å². The number of aryl methyl sites for hydroxylation is 1. The molecule has 0 bridgehead atoms. The standard InChI is InChI=1S/C20H18ClFN2O/c1-11-8-9-14-16(10-11)24-20(18-12(21)4-2-5-13(18)22)19-15(23-14)6-3-7-17(19)25/h2,4-5,8-10,20,23-24H,3,6-7H2,1H3. The van der Waals surface area contributed by atoms with Crippen molar-refractivity contribution >= 4 is 28.8 Å². The van der Waals surface area contributed by atoms with Gasteiger partial charge in [-0.25, -0.2) is 4.39 Å². The number of hydrogen-bond acceptors (Lipinski definition) is 3. The number of ketones is 1. The number of carbonyl (C=O) groups is 1. The smallest absolute Gasteiger partial charge is 0.163 e. The lowest BCUT2D eigenvalue weighted by atomic mass is 9.86. The van der Waals surface area contributed by atoms with Gasteiger partial charge in [-0.3, -0.25) is 4.79 Å². The van der Waals surface area contributed by atoms with Crippen molar-refractivity contribution in [2.45, 2.75) is 32.2 Å². The van der Waals surface area contributed by atoms with Crippen LogP contribution in [-0.4, -0.2) is 5.78 Å². The van der Waals surface area contributed by atoms with Gasteiger partial charge < -0.3 is 10.6 Å². The van der Waals surface area contributed by atoms with E-state index in [-0.39, 0.29) is 5.78 Å². The maximum atomic E-state index is 14.6. The zero-order valence-electron chi connectivity index (χ0n) is 13.8. The fourth-order valence-corrected chi connectivity index (χ4v) is 3.88. The number of anilines is 2. The Morgan fingerprint density at radius 1 is 1.16 bits per heavy atom. The monoisotopic (exact) mass is 356 g/mol. The van der Waals surface area contributed by atoms with Crippen LogP contribution in [-0.2, 0) is 4.79 Å². The Morgan fingerprint density at radius 2 is 2.00 bits per heavy atom. The van der Waals surface area contributed by atoms with Crippen LogP contribution in [0.5, 0.6) is 0 Å². The molecule has 0 fully saturated rings. The summed E-state index contributed by atoms with van der Waals surface area (Å²) in [6.45, 7) is 2.00. The van der Waals surface area contributed by atoms with E-state index in [1.807, 2.05) is 25.1 Å². The molecule has 1 heterocycles. The molecule has 3 nitrogen and oxygen atoms in total. The van der Waals surface area contributed by atoms with Gasteiger partial charge in [-0.2, -0.15) is 0 Å². The first-order valence-corrected chi connectivity index (χ1v) is 8.77. The van der Waals surface area contributed by atoms with Crippen LogP contribution < -0.4 is 10.6 Å². The highest BCUT2D eigenvalue weighted by Crippen LogP contribution is 2.43. The predicted octanol–water partition coefficient (Wildman–Crippen LogP) is 5.37. The van der Waals surface area contributed by atoms with E-state index in [9.17, 15) is 9.18 Å². The van der Waals surface area contributed by atoms with E-state index in [4.69, 9.17) is 11.6 Å². The van der Waals surface area contributed by atoms with Crippen molar-refractivity contribution in [1.82, 2.24) is 0 Å². The molecule has 4 rings (SSSR count). The maximum Gasteiger partial charge on any atom is 0.163 e. The van der Waals surface area contributed by atoms with Crippen LogP contribution in [0, 0.1) is 12.7 Å². The third-order valence-corrected chi connectivity index (χ3v) is 5.12. The Bertz CT molecular complexity index is 886. The van der Waals surface area contributed by atoms with E-state index in [0.717, 1.165) is 35.5 Å². The summed E-state index contributed by atoms with van der Waals surface area (Å²) >= 11 is 6.32. The number of nitrogens with one attached hydrogen (secondary N) is 2. The molecule has 1 unspecified atom stereocenters. The second kappa shape index (κ2) is 6.19. The SMILES string of the molecule is Cc1ccc2c(c1)NC(c1c(F)cccc1Cl)C1=C(CCCC1=O)N2. The predicted molar refractivity (Wildman–Crippen MR) is 98.5 cm³/mol. The summed E-state index contributed by atoms with van der Waals surface area (Å²) in [5.41, 5.74) is 4.58. The van der Waals surface area contributed by atoms with Crippen molar-refractivity contribution < 1.29 is 9.18 Å². The number of rotatable bonds is 1. The molecular formula is C20H18ClFN2O. The Morgan fingerprint density at radius 3 is 2.80 bits per heavy atom. The zero-order chi connectivity index (χ0) is 17.6. The second-order valence-corrected chi connectivity index (χ2v) is 6.96. The molecule has 25 heavy (non-hydrogen) atoms. The van der Waals surface area contributed by atoms with Gasteiger partial charge in [0, 0.05) is 28.3 Å². The average molecular weight is 357 g/mol. The van der Waals surface area contributed by atoms with E-state index in [1.54, 1.807) is 12.1 Å². The van der Waals surface area contributed by atoms with Gasteiger partial charge in [-0.05, 0) is 49.6 Å². The molecule has 0 aromatic heterocycles. The second-order valence-electron chi connectivity index (χ2n) is 6.56. The van der Waals surface area contributed by atoms with E-state index >= 15 is 0 Å². The summed E-state index contributed by atoms with van der Waals surface area (Å²) < 4.78 is 14.6. The lowest BCUT2D eigenvalue weighted by Crippen LogP contribution is -2.24. The van der Waals surface area contributed by atoms with Crippen LogP contribution in [0.4, 0.5) is 15.8 Å². The molecular weight excluding hydrogens is 339 g/mol. The number of benzene rings is 2. The van der Waals surface area contributed by atoms with Crippen LogP contribution >= 0.6 is 11.6 Å². The topological polar surface area (TPSA) is 41.1 Å².